The van der Waals surface area contributed by atoms with E-state index in [1.807, 2.05) is 24.4 Å². The van der Waals surface area contributed by atoms with Crippen LogP contribution in [0.15, 0.2) is 42.7 Å². The van der Waals surface area contributed by atoms with Crippen LogP contribution in [0.3, 0.4) is 0 Å². The van der Waals surface area contributed by atoms with Gasteiger partial charge in [0, 0.05) is 18.9 Å². The normalized spacial score (nSPS) is 10.3. The maximum Gasteiger partial charge on any atom is 0.201 e. The van der Waals surface area contributed by atoms with Gasteiger partial charge in [-0.15, -0.1) is 0 Å². The number of rotatable bonds is 3. The Labute approximate surface area is 109 Å². The zero-order chi connectivity index (χ0) is 13.1. The Hall–Kier alpha value is -2.87. The molecule has 0 fully saturated rings. The summed E-state index contributed by atoms with van der Waals surface area (Å²) < 4.78 is 0. The van der Waals surface area contributed by atoms with Gasteiger partial charge >= 0.3 is 0 Å². The first-order valence-corrected chi connectivity index (χ1v) is 5.88. The second kappa shape index (κ2) is 4.78. The summed E-state index contributed by atoms with van der Waals surface area (Å²) in [4.78, 5) is 11.6. The molecule has 0 aliphatic rings. The summed E-state index contributed by atoms with van der Waals surface area (Å²) in [7, 11) is 0. The molecule has 2 N–H and O–H groups in total. The molecule has 2 heterocycles. The summed E-state index contributed by atoms with van der Waals surface area (Å²) in [5, 5.41) is 12.0. The molecule has 0 atom stereocenters. The van der Waals surface area contributed by atoms with Gasteiger partial charge in [-0.25, -0.2) is 4.98 Å². The average Bonchev–Trinajstić information content (AvgIpc) is 2.88. The fourth-order valence-electron chi connectivity index (χ4n) is 1.85. The Kier molecular flexibility index (Phi) is 2.83. The van der Waals surface area contributed by atoms with Gasteiger partial charge in [-0.3, -0.25) is 4.98 Å². The predicted molar refractivity (Wildman–Crippen MR) is 72.4 cm³/mol. The topological polar surface area (TPSA) is 77.4 Å². The standard InChI is InChI=1S/C14H11N5/c15-7-10-3-4-12-13(6-10)19-14(18-12)17-9-11-2-1-5-16-8-11/h1-6,8H,9H2,(H2,17,18,19). The van der Waals surface area contributed by atoms with E-state index in [-0.39, 0.29) is 0 Å². The van der Waals surface area contributed by atoms with Gasteiger partial charge in [-0.05, 0) is 29.8 Å². The minimum Gasteiger partial charge on any atom is -0.352 e. The molecule has 0 spiro atoms. The van der Waals surface area contributed by atoms with E-state index in [0.29, 0.717) is 18.1 Å². The molecule has 0 saturated heterocycles. The van der Waals surface area contributed by atoms with Crippen LogP contribution in [0.1, 0.15) is 11.1 Å². The lowest BCUT2D eigenvalue weighted by molar-refractivity contribution is 1.08. The maximum atomic E-state index is 8.85. The van der Waals surface area contributed by atoms with Crippen molar-refractivity contribution in [2.24, 2.45) is 0 Å². The molecule has 0 saturated carbocycles. The third-order valence-electron chi connectivity index (χ3n) is 2.79. The number of nitrogens with one attached hydrogen (secondary N) is 2. The molecule has 3 rings (SSSR count). The third-order valence-corrected chi connectivity index (χ3v) is 2.79. The third kappa shape index (κ3) is 2.38. The van der Waals surface area contributed by atoms with Crippen LogP contribution in [0, 0.1) is 11.3 Å². The van der Waals surface area contributed by atoms with Gasteiger partial charge in [-0.1, -0.05) is 6.07 Å². The highest BCUT2D eigenvalue weighted by molar-refractivity contribution is 5.78. The quantitative estimate of drug-likeness (QED) is 0.747. The Morgan fingerprint density at radius 2 is 2.26 bits per heavy atom. The Morgan fingerprint density at radius 1 is 1.32 bits per heavy atom. The van der Waals surface area contributed by atoms with Crippen LogP contribution in [0.5, 0.6) is 0 Å². The monoisotopic (exact) mass is 249 g/mol. The van der Waals surface area contributed by atoms with Crippen molar-refractivity contribution in [3.63, 3.8) is 0 Å². The summed E-state index contributed by atoms with van der Waals surface area (Å²) in [5.74, 6) is 0.689. The number of benzene rings is 1. The lowest BCUT2D eigenvalue weighted by Crippen LogP contribution is -2.00. The second-order valence-electron chi connectivity index (χ2n) is 4.14. The molecule has 5 heteroatoms. The minimum atomic E-state index is 0.620. The molecule has 92 valence electrons. The van der Waals surface area contributed by atoms with Crippen LogP contribution in [0.25, 0.3) is 11.0 Å². The van der Waals surface area contributed by atoms with Crippen molar-refractivity contribution in [1.82, 2.24) is 15.0 Å². The van der Waals surface area contributed by atoms with Crippen molar-refractivity contribution in [3.05, 3.63) is 53.9 Å². The summed E-state index contributed by atoms with van der Waals surface area (Å²) in [6, 6.07) is 11.4. The molecule has 0 aliphatic heterocycles. The van der Waals surface area contributed by atoms with Gasteiger partial charge in [-0.2, -0.15) is 5.26 Å². The number of H-pyrrole nitrogens is 1. The predicted octanol–water partition coefficient (Wildman–Crippen LogP) is 2.44. The van der Waals surface area contributed by atoms with Crippen LogP contribution in [0.2, 0.25) is 0 Å². The van der Waals surface area contributed by atoms with Gasteiger partial charge in [0.2, 0.25) is 5.95 Å². The number of nitrogens with zero attached hydrogens (tertiary/aromatic N) is 3. The molecular weight excluding hydrogens is 238 g/mol. The highest BCUT2D eigenvalue weighted by Crippen LogP contribution is 2.16. The minimum absolute atomic E-state index is 0.620. The van der Waals surface area contributed by atoms with Crippen molar-refractivity contribution in [1.29, 1.82) is 5.26 Å². The van der Waals surface area contributed by atoms with E-state index < -0.39 is 0 Å². The van der Waals surface area contributed by atoms with Crippen molar-refractivity contribution >= 4 is 17.0 Å². The van der Waals surface area contributed by atoms with Gasteiger partial charge in [0.15, 0.2) is 0 Å². The molecule has 0 bridgehead atoms. The van der Waals surface area contributed by atoms with E-state index >= 15 is 0 Å². The van der Waals surface area contributed by atoms with E-state index in [0.717, 1.165) is 16.6 Å². The Balaban J connectivity index is 1.80. The average molecular weight is 249 g/mol. The number of aromatic amines is 1. The number of fused-ring (bicyclic) bond motifs is 1. The number of hydrogen-bond acceptors (Lipinski definition) is 4. The lowest BCUT2D eigenvalue weighted by Gasteiger charge is -2.01. The van der Waals surface area contributed by atoms with E-state index in [1.54, 1.807) is 18.3 Å². The van der Waals surface area contributed by atoms with Crippen molar-refractivity contribution in [2.75, 3.05) is 5.32 Å². The van der Waals surface area contributed by atoms with E-state index in [9.17, 15) is 0 Å². The molecule has 0 amide bonds. The van der Waals surface area contributed by atoms with Gasteiger partial charge in [0.1, 0.15) is 0 Å². The highest BCUT2D eigenvalue weighted by atomic mass is 15.1. The van der Waals surface area contributed by atoms with Crippen LogP contribution < -0.4 is 5.32 Å². The number of hydrogen-bond donors (Lipinski definition) is 2. The summed E-state index contributed by atoms with van der Waals surface area (Å²) >= 11 is 0. The van der Waals surface area contributed by atoms with Gasteiger partial charge in [0.25, 0.3) is 0 Å². The summed E-state index contributed by atoms with van der Waals surface area (Å²) in [6.07, 6.45) is 3.55. The summed E-state index contributed by atoms with van der Waals surface area (Å²) in [6.45, 7) is 0.652. The molecule has 1 aromatic carbocycles. The van der Waals surface area contributed by atoms with E-state index in [4.69, 9.17) is 5.26 Å². The van der Waals surface area contributed by atoms with Crippen LogP contribution in [-0.2, 0) is 6.54 Å². The van der Waals surface area contributed by atoms with E-state index in [1.165, 1.54) is 0 Å². The molecule has 3 aromatic rings. The highest BCUT2D eigenvalue weighted by Gasteiger charge is 2.03. The van der Waals surface area contributed by atoms with Crippen molar-refractivity contribution < 1.29 is 0 Å². The van der Waals surface area contributed by atoms with Crippen LogP contribution >= 0.6 is 0 Å². The number of anilines is 1. The van der Waals surface area contributed by atoms with Crippen molar-refractivity contribution in [2.45, 2.75) is 6.54 Å². The van der Waals surface area contributed by atoms with Gasteiger partial charge < -0.3 is 10.3 Å². The maximum absolute atomic E-state index is 8.85. The molecule has 0 aliphatic carbocycles. The van der Waals surface area contributed by atoms with Crippen molar-refractivity contribution in [3.8, 4) is 6.07 Å². The Morgan fingerprint density at radius 3 is 3.05 bits per heavy atom. The van der Waals surface area contributed by atoms with Crippen LogP contribution in [0.4, 0.5) is 5.95 Å². The van der Waals surface area contributed by atoms with Crippen LogP contribution in [-0.4, -0.2) is 15.0 Å². The first-order chi connectivity index (χ1) is 9.35. The lowest BCUT2D eigenvalue weighted by atomic mass is 10.2. The molecule has 19 heavy (non-hydrogen) atoms. The zero-order valence-electron chi connectivity index (χ0n) is 10.1. The largest absolute Gasteiger partial charge is 0.352 e. The number of aromatic nitrogens is 3. The number of nitriles is 1. The number of imidazole rings is 1. The van der Waals surface area contributed by atoms with E-state index in [2.05, 4.69) is 26.3 Å². The molecular formula is C14H11N5. The SMILES string of the molecule is N#Cc1ccc2nc(NCc3cccnc3)[nH]c2c1. The first-order valence-electron chi connectivity index (χ1n) is 5.88. The fraction of sp³-hybridized carbons (Fsp3) is 0.0714. The molecule has 5 nitrogen and oxygen atoms in total. The zero-order valence-corrected chi connectivity index (χ0v) is 10.1. The molecule has 0 radical (unpaired) electrons. The fourth-order valence-corrected chi connectivity index (χ4v) is 1.85. The second-order valence-corrected chi connectivity index (χ2v) is 4.14. The summed E-state index contributed by atoms with van der Waals surface area (Å²) in [5.41, 5.74) is 3.40. The van der Waals surface area contributed by atoms with Gasteiger partial charge in [0.05, 0.1) is 22.7 Å². The first kappa shape index (κ1) is 11.2. The molecule has 0 unspecified atom stereocenters. The Bertz CT molecular complexity index is 739. The molecule has 2 aromatic heterocycles. The number of pyridine rings is 1. The smallest absolute Gasteiger partial charge is 0.201 e.